The molecule has 1 aromatic heterocycles. The number of thioether (sulfide) groups is 1. The molecule has 4 aromatic rings. The largest absolute Gasteiger partial charge is 0.493 e. The van der Waals surface area contributed by atoms with Crippen molar-refractivity contribution in [1.82, 2.24) is 9.47 Å². The average molecular weight is 521 g/mol. The van der Waals surface area contributed by atoms with Gasteiger partial charge in [0.15, 0.2) is 16.7 Å². The maximum absolute atomic E-state index is 13.0. The fourth-order valence-corrected chi connectivity index (χ4v) is 5.53. The summed E-state index contributed by atoms with van der Waals surface area (Å²) in [5, 5.41) is 12.4. The molecule has 0 saturated carbocycles. The van der Waals surface area contributed by atoms with Crippen molar-refractivity contribution < 1.29 is 14.3 Å². The number of hydrogen-bond acceptors (Lipinski definition) is 5. The number of aromatic nitrogens is 1. The third-order valence-electron chi connectivity index (χ3n) is 6.46. The third kappa shape index (κ3) is 4.29. The van der Waals surface area contributed by atoms with Gasteiger partial charge in [0.25, 0.3) is 5.91 Å². The molecule has 188 valence electrons. The molecule has 0 aliphatic carbocycles. The number of nitrogens with one attached hydrogen (secondary N) is 1. The van der Waals surface area contributed by atoms with Gasteiger partial charge in [0, 0.05) is 28.1 Å². The number of rotatable bonds is 7. The van der Waals surface area contributed by atoms with Gasteiger partial charge in [0.05, 0.1) is 24.9 Å². The van der Waals surface area contributed by atoms with E-state index in [4.69, 9.17) is 14.9 Å². The highest BCUT2D eigenvalue weighted by Crippen LogP contribution is 2.37. The molecule has 3 aromatic carbocycles. The molecule has 1 amide bonds. The van der Waals surface area contributed by atoms with Gasteiger partial charge in [-0.25, -0.2) is 0 Å². The minimum absolute atomic E-state index is 0.122. The Labute approximate surface area is 224 Å². The summed E-state index contributed by atoms with van der Waals surface area (Å²) in [5.74, 6) is 1.09. The SMILES string of the molecule is COc1ccccc1OCCn1cc(/C=C2/C(=N)N3C(c4ccccc4)=CSC3=NC2=O)c2ccccc21. The highest BCUT2D eigenvalue weighted by molar-refractivity contribution is 8.17. The predicted octanol–water partition coefficient (Wildman–Crippen LogP) is 6.03. The lowest BCUT2D eigenvalue weighted by Crippen LogP contribution is -2.38. The summed E-state index contributed by atoms with van der Waals surface area (Å²) in [5.41, 5.74) is 3.93. The first-order valence-electron chi connectivity index (χ1n) is 12.1. The van der Waals surface area contributed by atoms with Gasteiger partial charge in [-0.15, -0.1) is 0 Å². The number of amides is 1. The monoisotopic (exact) mass is 520 g/mol. The normalized spacial score (nSPS) is 16.0. The zero-order chi connectivity index (χ0) is 26.1. The number of nitrogens with zero attached hydrogens (tertiary/aromatic N) is 3. The van der Waals surface area contributed by atoms with Gasteiger partial charge in [-0.2, -0.15) is 4.99 Å². The summed E-state index contributed by atoms with van der Waals surface area (Å²) >= 11 is 1.36. The molecule has 7 nitrogen and oxygen atoms in total. The van der Waals surface area contributed by atoms with Crippen LogP contribution in [0.25, 0.3) is 22.7 Å². The number of carbonyl (C=O) groups is 1. The van der Waals surface area contributed by atoms with Gasteiger partial charge in [-0.05, 0) is 29.8 Å². The van der Waals surface area contributed by atoms with Crippen LogP contribution < -0.4 is 9.47 Å². The molecular weight excluding hydrogens is 496 g/mol. The second-order valence-corrected chi connectivity index (χ2v) is 9.56. The number of amidine groups is 2. The minimum atomic E-state index is -0.409. The second-order valence-electron chi connectivity index (χ2n) is 8.72. The topological polar surface area (TPSA) is 79.9 Å². The van der Waals surface area contributed by atoms with Crippen molar-refractivity contribution in [2.75, 3.05) is 13.7 Å². The van der Waals surface area contributed by atoms with Crippen LogP contribution in [0.3, 0.4) is 0 Å². The van der Waals surface area contributed by atoms with Crippen molar-refractivity contribution in [3.8, 4) is 11.5 Å². The van der Waals surface area contributed by atoms with E-state index >= 15 is 0 Å². The quantitative estimate of drug-likeness (QED) is 0.301. The zero-order valence-electron chi connectivity index (χ0n) is 20.6. The molecule has 1 N–H and O–H groups in total. The Morgan fingerprint density at radius 3 is 2.53 bits per heavy atom. The first-order chi connectivity index (χ1) is 18.6. The average Bonchev–Trinajstić information content (AvgIpc) is 3.53. The van der Waals surface area contributed by atoms with Gasteiger partial charge >= 0.3 is 0 Å². The standard InChI is InChI=1S/C30H24N4O3S/c1-36-26-13-7-8-14-27(26)37-16-15-33-18-21(22-11-5-6-12-24(22)33)17-23-28(31)34-25(20-9-3-2-4-10-20)19-38-30(34)32-29(23)35/h2-14,17-19,31H,15-16H2,1H3/b23-17-,31-28?. The van der Waals surface area contributed by atoms with Crippen LogP contribution >= 0.6 is 11.8 Å². The lowest BCUT2D eigenvalue weighted by Gasteiger charge is -2.26. The number of benzene rings is 3. The molecule has 0 unspecified atom stereocenters. The van der Waals surface area contributed by atoms with Crippen LogP contribution in [-0.4, -0.2) is 40.1 Å². The third-order valence-corrected chi connectivity index (χ3v) is 7.29. The first kappa shape index (κ1) is 23.8. The van der Waals surface area contributed by atoms with Crippen molar-refractivity contribution in [3.63, 3.8) is 0 Å². The maximum Gasteiger partial charge on any atom is 0.283 e. The van der Waals surface area contributed by atoms with E-state index in [1.165, 1.54) is 11.8 Å². The second kappa shape index (κ2) is 10.1. The summed E-state index contributed by atoms with van der Waals surface area (Å²) in [6.07, 6.45) is 3.77. The highest BCUT2D eigenvalue weighted by atomic mass is 32.2. The smallest absolute Gasteiger partial charge is 0.283 e. The maximum atomic E-state index is 13.0. The van der Waals surface area contributed by atoms with E-state index in [9.17, 15) is 4.79 Å². The van der Waals surface area contributed by atoms with Crippen LogP contribution in [0.2, 0.25) is 0 Å². The molecule has 8 heteroatoms. The number of hydrogen-bond donors (Lipinski definition) is 1. The van der Waals surface area contributed by atoms with E-state index < -0.39 is 5.91 Å². The Bertz CT molecular complexity index is 1650. The van der Waals surface area contributed by atoms with E-state index in [0.29, 0.717) is 29.8 Å². The number of ether oxygens (including phenoxy) is 2. The van der Waals surface area contributed by atoms with Gasteiger partial charge < -0.3 is 14.0 Å². The number of carbonyl (C=O) groups excluding carboxylic acids is 1. The van der Waals surface area contributed by atoms with Crippen LogP contribution in [0.5, 0.6) is 11.5 Å². The van der Waals surface area contributed by atoms with Gasteiger partial charge in [0.2, 0.25) is 0 Å². The van der Waals surface area contributed by atoms with Gasteiger partial charge in [-0.3, -0.25) is 15.1 Å². The molecule has 6 rings (SSSR count). The van der Waals surface area contributed by atoms with Crippen molar-refractivity contribution in [2.24, 2.45) is 4.99 Å². The molecule has 2 aliphatic heterocycles. The van der Waals surface area contributed by atoms with Gasteiger partial charge in [0.1, 0.15) is 12.4 Å². The zero-order valence-corrected chi connectivity index (χ0v) is 21.4. The molecule has 0 atom stereocenters. The lowest BCUT2D eigenvalue weighted by molar-refractivity contribution is -0.114. The molecule has 3 heterocycles. The molecule has 38 heavy (non-hydrogen) atoms. The van der Waals surface area contributed by atoms with Crippen LogP contribution in [0, 0.1) is 5.41 Å². The Hall–Kier alpha value is -4.56. The Morgan fingerprint density at radius 1 is 0.974 bits per heavy atom. The highest BCUT2D eigenvalue weighted by Gasteiger charge is 2.36. The molecule has 0 fully saturated rings. The molecule has 0 radical (unpaired) electrons. The molecular formula is C30H24N4O3S. The van der Waals surface area contributed by atoms with E-state index in [0.717, 1.165) is 27.7 Å². The molecule has 2 aliphatic rings. The number of methoxy groups -OCH3 is 1. The Morgan fingerprint density at radius 2 is 1.71 bits per heavy atom. The Balaban J connectivity index is 1.30. The summed E-state index contributed by atoms with van der Waals surface area (Å²) < 4.78 is 13.5. The van der Waals surface area contributed by atoms with Crippen molar-refractivity contribution in [3.05, 3.63) is 107 Å². The fourth-order valence-electron chi connectivity index (χ4n) is 4.64. The van der Waals surface area contributed by atoms with Crippen molar-refractivity contribution >= 4 is 51.3 Å². The van der Waals surface area contributed by atoms with E-state index in [1.54, 1.807) is 18.1 Å². The molecule has 0 spiro atoms. The fraction of sp³-hybridized carbons (Fsp3) is 0.100. The van der Waals surface area contributed by atoms with Gasteiger partial charge in [-0.1, -0.05) is 72.4 Å². The van der Waals surface area contributed by atoms with E-state index in [-0.39, 0.29) is 11.4 Å². The Kier molecular flexibility index (Phi) is 6.31. The minimum Gasteiger partial charge on any atom is -0.493 e. The van der Waals surface area contributed by atoms with Crippen molar-refractivity contribution in [1.29, 1.82) is 5.41 Å². The molecule has 0 saturated heterocycles. The lowest BCUT2D eigenvalue weighted by atomic mass is 10.1. The number of fused-ring (bicyclic) bond motifs is 2. The van der Waals surface area contributed by atoms with E-state index in [2.05, 4.69) is 9.56 Å². The summed E-state index contributed by atoms with van der Waals surface area (Å²) in [6, 6.07) is 25.4. The summed E-state index contributed by atoms with van der Waals surface area (Å²) in [7, 11) is 1.62. The summed E-state index contributed by atoms with van der Waals surface area (Å²) in [6.45, 7) is 1.03. The first-order valence-corrected chi connectivity index (χ1v) is 13.0. The van der Waals surface area contributed by atoms with E-state index in [1.807, 2.05) is 90.5 Å². The van der Waals surface area contributed by atoms with Crippen LogP contribution in [-0.2, 0) is 11.3 Å². The number of para-hydroxylation sites is 3. The van der Waals surface area contributed by atoms with Crippen LogP contribution in [0.1, 0.15) is 11.1 Å². The van der Waals surface area contributed by atoms with Crippen molar-refractivity contribution in [2.45, 2.75) is 6.54 Å². The predicted molar refractivity (Wildman–Crippen MR) is 152 cm³/mol. The van der Waals surface area contributed by atoms with Crippen LogP contribution in [0.4, 0.5) is 0 Å². The van der Waals surface area contributed by atoms with Crippen LogP contribution in [0.15, 0.2) is 101 Å². The molecule has 0 bridgehead atoms. The number of aliphatic imine (C=N–C) groups is 1. The summed E-state index contributed by atoms with van der Waals surface area (Å²) in [4.78, 5) is 19.1.